The van der Waals surface area contributed by atoms with Crippen molar-refractivity contribution in [2.75, 3.05) is 30.7 Å². The van der Waals surface area contributed by atoms with Gasteiger partial charge in [0, 0.05) is 6.07 Å². The van der Waals surface area contributed by atoms with Crippen LogP contribution in [0.25, 0.3) is 0 Å². The van der Waals surface area contributed by atoms with Crippen molar-refractivity contribution in [2.45, 2.75) is 26.2 Å². The van der Waals surface area contributed by atoms with Crippen LogP contribution in [-0.4, -0.2) is 34.4 Å². The minimum absolute atomic E-state index is 0.0129. The second-order valence-corrected chi connectivity index (χ2v) is 6.57. The summed E-state index contributed by atoms with van der Waals surface area (Å²) in [6.45, 7) is 3.84. The molecular weight excluding hydrogens is 295 g/mol. The van der Waals surface area contributed by atoms with E-state index >= 15 is 0 Å². The van der Waals surface area contributed by atoms with Gasteiger partial charge in [-0.15, -0.1) is 0 Å². The van der Waals surface area contributed by atoms with Gasteiger partial charge in [-0.3, -0.25) is 4.72 Å². The van der Waals surface area contributed by atoms with Crippen molar-refractivity contribution in [1.82, 2.24) is 5.32 Å². The van der Waals surface area contributed by atoms with Gasteiger partial charge < -0.3 is 10.1 Å². The van der Waals surface area contributed by atoms with Gasteiger partial charge in [-0.1, -0.05) is 6.92 Å². The highest BCUT2D eigenvalue weighted by Crippen LogP contribution is 2.22. The molecule has 0 fully saturated rings. The van der Waals surface area contributed by atoms with Gasteiger partial charge in [0.05, 0.1) is 18.6 Å². The minimum Gasteiger partial charge on any atom is -0.494 e. The molecule has 0 bridgehead atoms. The number of hydrogen-bond donors (Lipinski definition) is 2. The predicted molar refractivity (Wildman–Crippen MR) is 82.8 cm³/mol. The Morgan fingerprint density at radius 1 is 1.24 bits per heavy atom. The smallest absolute Gasteiger partial charge is 0.232 e. The third-order valence-electron chi connectivity index (χ3n) is 2.87. The lowest BCUT2D eigenvalue weighted by atomic mass is 10.3. The molecule has 0 heterocycles. The molecule has 120 valence electrons. The van der Waals surface area contributed by atoms with E-state index < -0.39 is 15.8 Å². The van der Waals surface area contributed by atoms with Crippen LogP contribution in [0.1, 0.15) is 26.2 Å². The van der Waals surface area contributed by atoms with Crippen molar-refractivity contribution in [3.05, 3.63) is 24.0 Å². The quantitative estimate of drug-likeness (QED) is 0.650. The molecular formula is C14H23FN2O3S. The van der Waals surface area contributed by atoms with E-state index in [0.717, 1.165) is 25.9 Å². The van der Waals surface area contributed by atoms with Crippen molar-refractivity contribution >= 4 is 15.7 Å². The molecule has 0 radical (unpaired) electrons. The Hall–Kier alpha value is -1.34. The second kappa shape index (κ2) is 8.84. The lowest BCUT2D eigenvalue weighted by molar-refractivity contribution is 0.387. The van der Waals surface area contributed by atoms with Crippen LogP contribution in [0.4, 0.5) is 10.1 Å². The van der Waals surface area contributed by atoms with Gasteiger partial charge in [0.15, 0.2) is 11.6 Å². The first-order chi connectivity index (χ1) is 9.98. The van der Waals surface area contributed by atoms with Crippen LogP contribution in [0.15, 0.2) is 18.2 Å². The van der Waals surface area contributed by atoms with Crippen LogP contribution in [0.3, 0.4) is 0 Å². The number of ether oxygens (including phenoxy) is 1. The fourth-order valence-electron chi connectivity index (χ4n) is 1.80. The molecule has 0 aliphatic heterocycles. The van der Waals surface area contributed by atoms with E-state index in [2.05, 4.69) is 17.0 Å². The molecule has 7 heteroatoms. The first kappa shape index (κ1) is 17.7. The Bertz CT molecular complexity index is 535. The number of methoxy groups -OCH3 is 1. The molecule has 1 aromatic rings. The second-order valence-electron chi connectivity index (χ2n) is 4.73. The Morgan fingerprint density at radius 2 is 2.00 bits per heavy atom. The summed E-state index contributed by atoms with van der Waals surface area (Å²) in [7, 11) is -2.09. The Kier molecular flexibility index (Phi) is 7.45. The van der Waals surface area contributed by atoms with Crippen LogP contribution in [-0.2, 0) is 10.0 Å². The minimum atomic E-state index is -3.42. The van der Waals surface area contributed by atoms with Crippen LogP contribution >= 0.6 is 0 Å². The summed E-state index contributed by atoms with van der Waals surface area (Å²) in [6, 6.07) is 3.87. The number of unbranched alkanes of at least 4 members (excludes halogenated alkanes) is 1. The summed E-state index contributed by atoms with van der Waals surface area (Å²) in [5.74, 6) is -0.470. The SMILES string of the molecule is CCCNCCCCS(=O)(=O)Nc1ccc(F)c(OC)c1. The third-order valence-corrected chi connectivity index (χ3v) is 4.24. The lowest BCUT2D eigenvalue weighted by Gasteiger charge is -2.10. The third kappa shape index (κ3) is 6.77. The molecule has 0 unspecified atom stereocenters. The summed E-state index contributed by atoms with van der Waals surface area (Å²) in [5.41, 5.74) is 0.303. The normalized spacial score (nSPS) is 11.4. The van der Waals surface area contributed by atoms with E-state index in [1.165, 1.54) is 25.3 Å². The van der Waals surface area contributed by atoms with Crippen LogP contribution in [0.5, 0.6) is 5.75 Å². The molecule has 0 atom stereocenters. The molecule has 5 nitrogen and oxygen atoms in total. The van der Waals surface area contributed by atoms with Gasteiger partial charge in [0.25, 0.3) is 0 Å². The fourth-order valence-corrected chi connectivity index (χ4v) is 2.97. The number of anilines is 1. The van der Waals surface area contributed by atoms with E-state index in [1.807, 2.05) is 0 Å². The maximum Gasteiger partial charge on any atom is 0.232 e. The fraction of sp³-hybridized carbons (Fsp3) is 0.571. The van der Waals surface area contributed by atoms with E-state index in [1.54, 1.807) is 0 Å². The summed E-state index contributed by atoms with van der Waals surface area (Å²) in [5, 5.41) is 3.22. The van der Waals surface area contributed by atoms with Crippen molar-refractivity contribution in [2.24, 2.45) is 0 Å². The molecule has 1 aromatic carbocycles. The van der Waals surface area contributed by atoms with Gasteiger partial charge in [-0.25, -0.2) is 12.8 Å². The van der Waals surface area contributed by atoms with Gasteiger partial charge in [0.1, 0.15) is 0 Å². The number of benzene rings is 1. The molecule has 0 amide bonds. The molecule has 2 N–H and O–H groups in total. The van der Waals surface area contributed by atoms with Crippen LogP contribution < -0.4 is 14.8 Å². The van der Waals surface area contributed by atoms with Crippen molar-refractivity contribution < 1.29 is 17.5 Å². The van der Waals surface area contributed by atoms with Crippen molar-refractivity contribution in [3.8, 4) is 5.75 Å². The van der Waals surface area contributed by atoms with Crippen LogP contribution in [0, 0.1) is 5.82 Å². The highest BCUT2D eigenvalue weighted by atomic mass is 32.2. The Balaban J connectivity index is 2.45. The molecule has 21 heavy (non-hydrogen) atoms. The number of halogens is 1. The van der Waals surface area contributed by atoms with E-state index in [-0.39, 0.29) is 11.5 Å². The maximum absolute atomic E-state index is 13.2. The summed E-state index contributed by atoms with van der Waals surface area (Å²) >= 11 is 0. The molecule has 0 aromatic heterocycles. The largest absolute Gasteiger partial charge is 0.494 e. The lowest BCUT2D eigenvalue weighted by Crippen LogP contribution is -2.20. The van der Waals surface area contributed by atoms with Crippen molar-refractivity contribution in [1.29, 1.82) is 0 Å². The molecule has 0 spiro atoms. The van der Waals surface area contributed by atoms with Gasteiger partial charge in [0.2, 0.25) is 10.0 Å². The zero-order valence-electron chi connectivity index (χ0n) is 12.5. The van der Waals surface area contributed by atoms with E-state index in [9.17, 15) is 12.8 Å². The monoisotopic (exact) mass is 318 g/mol. The van der Waals surface area contributed by atoms with Gasteiger partial charge >= 0.3 is 0 Å². The summed E-state index contributed by atoms with van der Waals surface area (Å²) in [4.78, 5) is 0. The highest BCUT2D eigenvalue weighted by Gasteiger charge is 2.12. The summed E-state index contributed by atoms with van der Waals surface area (Å²) < 4.78 is 44.3. The van der Waals surface area contributed by atoms with Gasteiger partial charge in [-0.2, -0.15) is 0 Å². The molecule has 0 aliphatic rings. The predicted octanol–water partition coefficient (Wildman–Crippen LogP) is 2.36. The number of sulfonamides is 1. The van der Waals surface area contributed by atoms with E-state index in [4.69, 9.17) is 4.74 Å². The number of nitrogens with one attached hydrogen (secondary N) is 2. The Labute approximate surface area is 125 Å². The first-order valence-electron chi connectivity index (χ1n) is 7.03. The topological polar surface area (TPSA) is 67.4 Å². The van der Waals surface area contributed by atoms with Gasteiger partial charge in [-0.05, 0) is 44.5 Å². The molecule has 0 saturated heterocycles. The summed E-state index contributed by atoms with van der Waals surface area (Å²) in [6.07, 6.45) is 2.43. The first-order valence-corrected chi connectivity index (χ1v) is 8.68. The van der Waals surface area contributed by atoms with Crippen LogP contribution in [0.2, 0.25) is 0 Å². The molecule has 0 saturated carbocycles. The molecule has 0 aliphatic carbocycles. The zero-order valence-corrected chi connectivity index (χ0v) is 13.3. The van der Waals surface area contributed by atoms with Crippen molar-refractivity contribution in [3.63, 3.8) is 0 Å². The number of hydrogen-bond acceptors (Lipinski definition) is 4. The standard InChI is InChI=1S/C14H23FN2O3S/c1-3-8-16-9-4-5-10-21(18,19)17-12-6-7-13(15)14(11-12)20-2/h6-7,11,16-17H,3-5,8-10H2,1-2H3. The van der Waals surface area contributed by atoms with E-state index in [0.29, 0.717) is 12.1 Å². The molecule has 1 rings (SSSR count). The highest BCUT2D eigenvalue weighted by molar-refractivity contribution is 7.92. The Morgan fingerprint density at radius 3 is 2.67 bits per heavy atom. The average molecular weight is 318 g/mol. The average Bonchev–Trinajstić information content (AvgIpc) is 2.44. The number of rotatable bonds is 10. The zero-order chi connectivity index (χ0) is 15.7. The maximum atomic E-state index is 13.2.